The number of halogens is 2. The number of ether oxygens (including phenoxy) is 1. The Balaban J connectivity index is 1.85. The Kier molecular flexibility index (Phi) is 6.11. The maximum atomic E-state index is 15.6. The Hall–Kier alpha value is -1.86. The van der Waals surface area contributed by atoms with Crippen LogP contribution >= 0.6 is 11.3 Å². The van der Waals surface area contributed by atoms with E-state index in [4.69, 9.17) is 4.74 Å². The van der Waals surface area contributed by atoms with E-state index in [1.807, 2.05) is 25.3 Å². The largest absolute Gasteiger partial charge is 0.430 e. The smallest absolute Gasteiger partial charge is 0.295 e. The van der Waals surface area contributed by atoms with Gasteiger partial charge in [0.1, 0.15) is 0 Å². The van der Waals surface area contributed by atoms with E-state index in [0.29, 0.717) is 32.4 Å². The standard InChI is InChI=1S/C22H28F2N2O2S/c1-16-5-6-17(13-25-16)20(2,3)26-12-11-22(14-26,21(4,24)28-15-27)10-9-18-7-8-19(23)29-18/h5-8,13,15H,9-12,14H2,1-4H3. The zero-order chi connectivity index (χ0) is 21.3. The van der Waals surface area contributed by atoms with Gasteiger partial charge in [0, 0.05) is 35.8 Å². The molecule has 0 spiro atoms. The summed E-state index contributed by atoms with van der Waals surface area (Å²) in [4.78, 5) is 18.5. The molecule has 1 aliphatic rings. The molecular formula is C22H28F2N2O2S. The minimum Gasteiger partial charge on any atom is -0.430 e. The topological polar surface area (TPSA) is 42.4 Å². The summed E-state index contributed by atoms with van der Waals surface area (Å²) in [6, 6.07) is 7.18. The molecule has 2 aromatic rings. The summed E-state index contributed by atoms with van der Waals surface area (Å²) in [5.41, 5.74) is 0.772. The molecule has 0 N–H and O–H groups in total. The lowest BCUT2D eigenvalue weighted by atomic mass is 9.75. The predicted molar refractivity (Wildman–Crippen MR) is 110 cm³/mol. The molecule has 2 aromatic heterocycles. The fraction of sp³-hybridized carbons (Fsp3) is 0.545. The third-order valence-electron chi connectivity index (χ3n) is 6.46. The van der Waals surface area contributed by atoms with Crippen LogP contribution in [0.25, 0.3) is 0 Å². The Morgan fingerprint density at radius 3 is 2.66 bits per heavy atom. The van der Waals surface area contributed by atoms with Gasteiger partial charge in [-0.2, -0.15) is 8.78 Å². The first-order valence-electron chi connectivity index (χ1n) is 9.82. The van der Waals surface area contributed by atoms with E-state index in [2.05, 4.69) is 23.7 Å². The Morgan fingerprint density at radius 2 is 2.07 bits per heavy atom. The average Bonchev–Trinajstić information content (AvgIpc) is 3.28. The molecule has 1 aliphatic heterocycles. The molecule has 3 rings (SSSR count). The molecule has 1 fully saturated rings. The zero-order valence-corrected chi connectivity index (χ0v) is 18.2. The van der Waals surface area contributed by atoms with Gasteiger partial charge in [-0.15, -0.1) is 11.3 Å². The van der Waals surface area contributed by atoms with Gasteiger partial charge in [0.2, 0.25) is 0 Å². The van der Waals surface area contributed by atoms with Crippen LogP contribution in [0.5, 0.6) is 0 Å². The van der Waals surface area contributed by atoms with Gasteiger partial charge in [0.05, 0.1) is 5.41 Å². The lowest BCUT2D eigenvalue weighted by Crippen LogP contribution is -2.49. The molecule has 0 bridgehead atoms. The number of thiophene rings is 1. The molecule has 0 aliphatic carbocycles. The van der Waals surface area contributed by atoms with Gasteiger partial charge in [-0.3, -0.25) is 14.7 Å². The highest BCUT2D eigenvalue weighted by molar-refractivity contribution is 7.10. The third kappa shape index (κ3) is 4.36. The number of alkyl halides is 1. The molecule has 1 saturated heterocycles. The number of pyridine rings is 1. The molecule has 0 saturated carbocycles. The van der Waals surface area contributed by atoms with Crippen LogP contribution in [-0.2, 0) is 21.5 Å². The van der Waals surface area contributed by atoms with Crippen molar-refractivity contribution in [1.29, 1.82) is 0 Å². The predicted octanol–water partition coefficient (Wildman–Crippen LogP) is 5.01. The van der Waals surface area contributed by atoms with Crippen molar-refractivity contribution in [2.75, 3.05) is 13.1 Å². The van der Waals surface area contributed by atoms with Crippen molar-refractivity contribution in [3.63, 3.8) is 0 Å². The number of carbonyl (C=O) groups excluding carboxylic acids is 1. The molecule has 7 heteroatoms. The normalized spacial score (nSPS) is 22.4. The molecule has 0 radical (unpaired) electrons. The highest BCUT2D eigenvalue weighted by Crippen LogP contribution is 2.50. The summed E-state index contributed by atoms with van der Waals surface area (Å²) in [6.07, 6.45) is 3.41. The molecule has 2 atom stereocenters. The van der Waals surface area contributed by atoms with E-state index in [9.17, 15) is 9.18 Å². The number of nitrogens with zero attached hydrogens (tertiary/aromatic N) is 2. The van der Waals surface area contributed by atoms with E-state index in [1.165, 1.54) is 13.0 Å². The number of rotatable bonds is 8. The van der Waals surface area contributed by atoms with Crippen LogP contribution in [0, 0.1) is 17.5 Å². The SMILES string of the molecule is Cc1ccc(C(C)(C)N2CCC(CCc3ccc(F)s3)(C(C)(F)OC=O)C2)cn1. The van der Waals surface area contributed by atoms with Gasteiger partial charge in [0.15, 0.2) is 5.13 Å². The number of aryl methyl sites for hydroxylation is 2. The summed E-state index contributed by atoms with van der Waals surface area (Å²) in [6.45, 7) is 8.76. The maximum absolute atomic E-state index is 15.6. The van der Waals surface area contributed by atoms with Crippen LogP contribution in [0.2, 0.25) is 0 Å². The van der Waals surface area contributed by atoms with Gasteiger partial charge < -0.3 is 4.74 Å². The molecular weight excluding hydrogens is 394 g/mol. The highest BCUT2D eigenvalue weighted by atomic mass is 32.1. The fourth-order valence-electron chi connectivity index (χ4n) is 4.22. The summed E-state index contributed by atoms with van der Waals surface area (Å²) in [5.74, 6) is -2.11. The fourth-order valence-corrected chi connectivity index (χ4v) is 4.94. The maximum Gasteiger partial charge on any atom is 0.295 e. The Morgan fingerprint density at radius 1 is 1.31 bits per heavy atom. The lowest BCUT2D eigenvalue weighted by molar-refractivity contribution is -0.202. The molecule has 0 aromatic carbocycles. The summed E-state index contributed by atoms with van der Waals surface area (Å²) < 4.78 is 33.9. The van der Waals surface area contributed by atoms with Crippen molar-refractivity contribution in [2.24, 2.45) is 5.41 Å². The van der Waals surface area contributed by atoms with Crippen molar-refractivity contribution in [1.82, 2.24) is 9.88 Å². The molecule has 4 nitrogen and oxygen atoms in total. The zero-order valence-electron chi connectivity index (χ0n) is 17.4. The van der Waals surface area contributed by atoms with Crippen molar-refractivity contribution < 1.29 is 18.3 Å². The molecule has 3 heterocycles. The number of likely N-dealkylation sites (tertiary alicyclic amines) is 1. The Bertz CT molecular complexity index is 851. The van der Waals surface area contributed by atoms with E-state index in [1.54, 1.807) is 6.07 Å². The summed E-state index contributed by atoms with van der Waals surface area (Å²) in [7, 11) is 0. The summed E-state index contributed by atoms with van der Waals surface area (Å²) in [5, 5.41) is -0.248. The van der Waals surface area contributed by atoms with Gasteiger partial charge in [0.25, 0.3) is 12.3 Å². The molecule has 0 amide bonds. The second kappa shape index (κ2) is 8.11. The number of aromatic nitrogens is 1. The van der Waals surface area contributed by atoms with Crippen molar-refractivity contribution in [2.45, 2.75) is 58.4 Å². The lowest BCUT2D eigenvalue weighted by Gasteiger charge is -2.42. The van der Waals surface area contributed by atoms with Crippen molar-refractivity contribution in [3.05, 3.63) is 51.7 Å². The van der Waals surface area contributed by atoms with Crippen molar-refractivity contribution >= 4 is 17.8 Å². The first kappa shape index (κ1) is 21.8. The number of carbonyl (C=O) groups is 1. The third-order valence-corrected chi connectivity index (χ3v) is 7.39. The van der Waals surface area contributed by atoms with Crippen LogP contribution in [0.1, 0.15) is 49.7 Å². The van der Waals surface area contributed by atoms with Crippen LogP contribution in [-0.4, -0.2) is 35.3 Å². The van der Waals surface area contributed by atoms with Crippen LogP contribution < -0.4 is 0 Å². The van der Waals surface area contributed by atoms with Gasteiger partial charge in [-0.05, 0) is 70.3 Å². The van der Waals surface area contributed by atoms with Crippen LogP contribution in [0.4, 0.5) is 8.78 Å². The van der Waals surface area contributed by atoms with Crippen molar-refractivity contribution in [3.8, 4) is 0 Å². The number of hydrogen-bond acceptors (Lipinski definition) is 5. The van der Waals surface area contributed by atoms with E-state index >= 15 is 4.39 Å². The highest BCUT2D eigenvalue weighted by Gasteiger charge is 2.56. The monoisotopic (exact) mass is 422 g/mol. The molecule has 158 valence electrons. The van der Waals surface area contributed by atoms with E-state index in [0.717, 1.165) is 27.5 Å². The van der Waals surface area contributed by atoms with Gasteiger partial charge >= 0.3 is 0 Å². The minimum absolute atomic E-state index is 0.185. The second-order valence-electron chi connectivity index (χ2n) is 8.54. The molecule has 29 heavy (non-hydrogen) atoms. The first-order valence-corrected chi connectivity index (χ1v) is 10.6. The van der Waals surface area contributed by atoms with Gasteiger partial charge in [-0.1, -0.05) is 6.07 Å². The van der Waals surface area contributed by atoms with Gasteiger partial charge in [-0.25, -0.2) is 0 Å². The number of hydrogen-bond donors (Lipinski definition) is 0. The minimum atomic E-state index is -2.11. The van der Waals surface area contributed by atoms with E-state index < -0.39 is 11.3 Å². The first-order chi connectivity index (χ1) is 13.6. The second-order valence-corrected chi connectivity index (χ2v) is 9.65. The van der Waals surface area contributed by atoms with Crippen LogP contribution in [0.15, 0.2) is 30.5 Å². The molecule has 2 unspecified atom stereocenters. The van der Waals surface area contributed by atoms with Crippen LogP contribution in [0.3, 0.4) is 0 Å². The quantitative estimate of drug-likeness (QED) is 0.561. The average molecular weight is 423 g/mol. The van der Waals surface area contributed by atoms with E-state index in [-0.39, 0.29) is 17.1 Å². The summed E-state index contributed by atoms with van der Waals surface area (Å²) >= 11 is 1.08. The Labute approximate surface area is 174 Å².